The Hall–Kier alpha value is -3.46. The van der Waals surface area contributed by atoms with Crippen molar-refractivity contribution in [2.45, 2.75) is 33.1 Å². The van der Waals surface area contributed by atoms with Crippen LogP contribution in [-0.2, 0) is 40.4 Å². The van der Waals surface area contributed by atoms with Crippen LogP contribution in [0, 0.1) is 10.1 Å². The van der Waals surface area contributed by atoms with Crippen molar-refractivity contribution in [2.75, 3.05) is 6.79 Å². The number of para-hydroxylation sites is 2. The van der Waals surface area contributed by atoms with E-state index in [4.69, 9.17) is 14.2 Å². The van der Waals surface area contributed by atoms with Crippen LogP contribution in [0.4, 0.5) is 5.69 Å². The average Bonchev–Trinajstić information content (AvgIpc) is 3.09. The number of aromatic nitrogens is 2. The molecular formula is C20H19N3O6. The maximum Gasteiger partial charge on any atom is 0.326 e. The number of benzene rings is 2. The van der Waals surface area contributed by atoms with Gasteiger partial charge in [0.25, 0.3) is 5.69 Å². The fourth-order valence-corrected chi connectivity index (χ4v) is 3.40. The Kier molecular flexibility index (Phi) is 5.13. The van der Waals surface area contributed by atoms with E-state index in [0.29, 0.717) is 23.3 Å². The van der Waals surface area contributed by atoms with E-state index < -0.39 is 10.9 Å². The third-order valence-electron chi connectivity index (χ3n) is 4.71. The number of hydrogen-bond acceptors (Lipinski definition) is 7. The van der Waals surface area contributed by atoms with Gasteiger partial charge in [0.2, 0.25) is 0 Å². The van der Waals surface area contributed by atoms with Crippen LogP contribution in [0.25, 0.3) is 11.0 Å². The molecule has 1 aromatic heterocycles. The molecule has 29 heavy (non-hydrogen) atoms. The van der Waals surface area contributed by atoms with E-state index in [1.807, 2.05) is 35.8 Å². The van der Waals surface area contributed by atoms with E-state index >= 15 is 0 Å². The van der Waals surface area contributed by atoms with Crippen molar-refractivity contribution in [3.63, 3.8) is 0 Å². The van der Waals surface area contributed by atoms with Crippen molar-refractivity contribution in [1.82, 2.24) is 9.55 Å². The van der Waals surface area contributed by atoms with Crippen LogP contribution in [0.5, 0.6) is 5.75 Å². The molecule has 0 spiro atoms. The molecule has 0 N–H and O–H groups in total. The standard InChI is InChI=1S/C20H19N3O6/c1-2-18-21-16-5-3-4-6-17(16)22(18)9-19(24)28-11-14-8-15(23(25)26)7-13-10-27-12-29-20(13)14/h3-8H,2,9-12H2,1H3. The van der Waals surface area contributed by atoms with Gasteiger partial charge in [0.1, 0.15) is 24.7 Å². The van der Waals surface area contributed by atoms with Crippen molar-refractivity contribution < 1.29 is 23.9 Å². The Balaban J connectivity index is 1.54. The zero-order chi connectivity index (χ0) is 20.4. The van der Waals surface area contributed by atoms with Gasteiger partial charge in [0, 0.05) is 29.7 Å². The highest BCUT2D eigenvalue weighted by molar-refractivity contribution is 5.79. The third kappa shape index (κ3) is 3.77. The van der Waals surface area contributed by atoms with Gasteiger partial charge in [-0.15, -0.1) is 0 Å². The number of rotatable bonds is 6. The second-order valence-electron chi connectivity index (χ2n) is 6.58. The number of non-ortho nitro benzene ring substituents is 1. The summed E-state index contributed by atoms with van der Waals surface area (Å²) >= 11 is 0. The Bertz CT molecular complexity index is 1090. The maximum atomic E-state index is 12.5. The molecule has 0 atom stereocenters. The average molecular weight is 397 g/mol. The summed E-state index contributed by atoms with van der Waals surface area (Å²) in [6.07, 6.45) is 0.675. The number of aryl methyl sites for hydroxylation is 1. The molecule has 0 radical (unpaired) electrons. The summed E-state index contributed by atoms with van der Waals surface area (Å²) in [5.74, 6) is 0.795. The topological polar surface area (TPSA) is 106 Å². The number of nitro groups is 1. The normalized spacial score (nSPS) is 13.0. The molecule has 0 aliphatic carbocycles. The van der Waals surface area contributed by atoms with E-state index in [0.717, 1.165) is 16.9 Å². The molecule has 0 fully saturated rings. The Labute approximate surface area is 166 Å². The number of nitro benzene ring substituents is 1. The zero-order valence-electron chi connectivity index (χ0n) is 15.8. The summed E-state index contributed by atoms with van der Waals surface area (Å²) in [6.45, 7) is 2.10. The van der Waals surface area contributed by atoms with Gasteiger partial charge >= 0.3 is 5.97 Å². The first kappa shape index (κ1) is 18.9. The van der Waals surface area contributed by atoms with Gasteiger partial charge in [-0.1, -0.05) is 19.1 Å². The number of imidazole rings is 1. The van der Waals surface area contributed by atoms with E-state index in [2.05, 4.69) is 4.98 Å². The van der Waals surface area contributed by atoms with Crippen molar-refractivity contribution in [2.24, 2.45) is 0 Å². The second kappa shape index (κ2) is 7.88. The Morgan fingerprint density at radius 1 is 1.34 bits per heavy atom. The molecule has 0 saturated carbocycles. The monoisotopic (exact) mass is 397 g/mol. The summed E-state index contributed by atoms with van der Waals surface area (Å²) in [4.78, 5) is 27.7. The lowest BCUT2D eigenvalue weighted by molar-refractivity contribution is -0.385. The molecule has 150 valence electrons. The van der Waals surface area contributed by atoms with Crippen molar-refractivity contribution in [3.05, 3.63) is 63.5 Å². The second-order valence-corrected chi connectivity index (χ2v) is 6.58. The molecule has 2 heterocycles. The molecule has 1 aliphatic heterocycles. The summed E-state index contributed by atoms with van der Waals surface area (Å²) < 4.78 is 17.9. The lowest BCUT2D eigenvalue weighted by Gasteiger charge is -2.20. The number of ether oxygens (including phenoxy) is 3. The minimum Gasteiger partial charge on any atom is -0.467 e. The maximum absolute atomic E-state index is 12.5. The van der Waals surface area contributed by atoms with E-state index in [9.17, 15) is 14.9 Å². The van der Waals surface area contributed by atoms with Crippen LogP contribution in [0.3, 0.4) is 0 Å². The van der Waals surface area contributed by atoms with E-state index in [1.54, 1.807) is 0 Å². The van der Waals surface area contributed by atoms with Gasteiger partial charge < -0.3 is 18.8 Å². The summed E-state index contributed by atoms with van der Waals surface area (Å²) in [7, 11) is 0. The predicted molar refractivity (Wildman–Crippen MR) is 102 cm³/mol. The van der Waals surface area contributed by atoms with Crippen molar-refractivity contribution in [3.8, 4) is 5.75 Å². The van der Waals surface area contributed by atoms with E-state index in [1.165, 1.54) is 12.1 Å². The fraction of sp³-hybridized carbons (Fsp3) is 0.300. The summed E-state index contributed by atoms with van der Waals surface area (Å²) in [6, 6.07) is 10.4. The van der Waals surface area contributed by atoms with Crippen molar-refractivity contribution in [1.29, 1.82) is 0 Å². The SMILES string of the molecule is CCc1nc2ccccc2n1CC(=O)OCc1cc([N+](=O)[O-])cc2c1OCOC2. The predicted octanol–water partition coefficient (Wildman–Crippen LogP) is 3.12. The Morgan fingerprint density at radius 3 is 2.97 bits per heavy atom. The molecule has 1 aliphatic rings. The minimum atomic E-state index is -0.495. The van der Waals surface area contributed by atoms with Gasteiger partial charge in [0.15, 0.2) is 6.79 Å². The fourth-order valence-electron chi connectivity index (χ4n) is 3.40. The van der Waals surface area contributed by atoms with Gasteiger partial charge in [-0.25, -0.2) is 4.98 Å². The van der Waals surface area contributed by atoms with Gasteiger partial charge in [-0.2, -0.15) is 0 Å². The first-order valence-electron chi connectivity index (χ1n) is 9.17. The largest absolute Gasteiger partial charge is 0.467 e. The molecule has 0 unspecified atom stereocenters. The number of nitrogens with zero attached hydrogens (tertiary/aromatic N) is 3. The van der Waals surface area contributed by atoms with Crippen LogP contribution >= 0.6 is 0 Å². The van der Waals surface area contributed by atoms with Crippen molar-refractivity contribution >= 4 is 22.7 Å². The molecule has 3 aromatic rings. The number of fused-ring (bicyclic) bond motifs is 2. The zero-order valence-corrected chi connectivity index (χ0v) is 15.8. The lowest BCUT2D eigenvalue weighted by Crippen LogP contribution is -2.17. The van der Waals surface area contributed by atoms with Gasteiger partial charge in [0.05, 0.1) is 22.6 Å². The van der Waals surface area contributed by atoms with Crippen LogP contribution in [0.15, 0.2) is 36.4 Å². The molecule has 0 amide bonds. The smallest absolute Gasteiger partial charge is 0.326 e. The number of esters is 1. The molecular weight excluding hydrogens is 378 g/mol. The van der Waals surface area contributed by atoms with Crippen LogP contribution in [0.1, 0.15) is 23.9 Å². The Morgan fingerprint density at radius 2 is 2.17 bits per heavy atom. The highest BCUT2D eigenvalue weighted by Crippen LogP contribution is 2.33. The van der Waals surface area contributed by atoms with Crippen LogP contribution < -0.4 is 4.74 Å². The van der Waals surface area contributed by atoms with Gasteiger partial charge in [-0.3, -0.25) is 14.9 Å². The quantitative estimate of drug-likeness (QED) is 0.357. The third-order valence-corrected chi connectivity index (χ3v) is 4.71. The highest BCUT2D eigenvalue weighted by atomic mass is 16.7. The number of carbonyl (C=O) groups is 1. The summed E-state index contributed by atoms with van der Waals surface area (Å²) in [5, 5.41) is 11.2. The molecule has 2 aromatic carbocycles. The number of hydrogen-bond donors (Lipinski definition) is 0. The van der Waals surface area contributed by atoms with E-state index in [-0.39, 0.29) is 32.2 Å². The van der Waals surface area contributed by atoms with Gasteiger partial charge in [-0.05, 0) is 12.1 Å². The molecule has 9 heteroatoms. The molecule has 0 bridgehead atoms. The first-order chi connectivity index (χ1) is 14.1. The number of carbonyl (C=O) groups excluding carboxylic acids is 1. The lowest BCUT2D eigenvalue weighted by atomic mass is 10.1. The minimum absolute atomic E-state index is 0.00473. The molecule has 0 saturated heterocycles. The highest BCUT2D eigenvalue weighted by Gasteiger charge is 2.22. The van der Waals surface area contributed by atoms with Crippen LogP contribution in [0.2, 0.25) is 0 Å². The van der Waals surface area contributed by atoms with Crippen LogP contribution in [-0.4, -0.2) is 27.2 Å². The first-order valence-corrected chi connectivity index (χ1v) is 9.17. The summed E-state index contributed by atoms with van der Waals surface area (Å²) in [5.41, 5.74) is 2.58. The molecule has 4 rings (SSSR count). The molecule has 9 nitrogen and oxygen atoms in total.